The van der Waals surface area contributed by atoms with Gasteiger partial charge in [0.05, 0.1) is 0 Å². The van der Waals surface area contributed by atoms with E-state index in [0.717, 1.165) is 10.7 Å². The van der Waals surface area contributed by atoms with Crippen LogP contribution in [0.15, 0.2) is 10.7 Å². The van der Waals surface area contributed by atoms with Gasteiger partial charge in [-0.15, -0.1) is 10.7 Å². The largest absolute Gasteiger partial charge is 1.00 e. The van der Waals surface area contributed by atoms with Gasteiger partial charge < -0.3 is 20.2 Å². The SMILES string of the molecule is O=N[O-].O=N[O-].[Li+].[Na+]. The predicted octanol–water partition coefficient (Wildman–Crippen LogP) is -5.49. The van der Waals surface area contributed by atoms with Crippen LogP contribution in [0.5, 0.6) is 0 Å². The maximum absolute atomic E-state index is 8.00. The topological polar surface area (TPSA) is 105 Å². The predicted molar refractivity (Wildman–Crippen MR) is 18.3 cm³/mol. The molecule has 36 valence electrons. The van der Waals surface area contributed by atoms with Crippen molar-refractivity contribution in [1.29, 1.82) is 0 Å². The molecule has 0 radical (unpaired) electrons. The fourth-order valence-corrected chi connectivity index (χ4v) is 0. The van der Waals surface area contributed by atoms with Crippen molar-refractivity contribution in [3.63, 3.8) is 0 Å². The quantitative estimate of drug-likeness (QED) is 0.181. The molecule has 0 aliphatic carbocycles. The maximum Gasteiger partial charge on any atom is 1.00 e. The standard InChI is InChI=1S/Li.2HNO2.Na/c;2*2-1-3;/h;2*(H,2,3);/q+1;;;+1/p-2. The van der Waals surface area contributed by atoms with Crippen molar-refractivity contribution in [2.75, 3.05) is 0 Å². The van der Waals surface area contributed by atoms with E-state index >= 15 is 0 Å². The summed E-state index contributed by atoms with van der Waals surface area (Å²) in [5, 5.41) is 18.0. The molecule has 0 aliphatic heterocycles. The normalized spacial score (nSPS) is 3.00. The van der Waals surface area contributed by atoms with Crippen molar-refractivity contribution in [3.8, 4) is 0 Å². The molecule has 0 aliphatic rings. The summed E-state index contributed by atoms with van der Waals surface area (Å²) in [4.78, 5) is 16.0. The molecule has 8 heteroatoms. The second-order valence-electron chi connectivity index (χ2n) is 0.149. The van der Waals surface area contributed by atoms with Crippen molar-refractivity contribution < 1.29 is 48.4 Å². The van der Waals surface area contributed by atoms with Crippen LogP contribution >= 0.6 is 0 Å². The molecule has 0 spiro atoms. The van der Waals surface area contributed by atoms with Crippen molar-refractivity contribution >= 4 is 0 Å². The zero-order valence-corrected chi connectivity index (χ0v) is 6.53. The van der Waals surface area contributed by atoms with Crippen molar-refractivity contribution in [2.45, 2.75) is 0 Å². The van der Waals surface area contributed by atoms with Crippen LogP contribution in [0.3, 0.4) is 0 Å². The fraction of sp³-hybridized carbons (Fsp3) is 0. The van der Waals surface area contributed by atoms with Gasteiger partial charge in [-0.25, -0.2) is 0 Å². The van der Waals surface area contributed by atoms with Gasteiger partial charge in [-0.05, 0) is 0 Å². The molecule has 0 atom stereocenters. The van der Waals surface area contributed by atoms with Crippen LogP contribution < -0.4 is 48.4 Å². The Morgan fingerprint density at radius 3 is 1.00 bits per heavy atom. The van der Waals surface area contributed by atoms with Gasteiger partial charge in [-0.3, -0.25) is 0 Å². The second kappa shape index (κ2) is 52.7. The van der Waals surface area contributed by atoms with E-state index in [-0.39, 0.29) is 48.4 Å². The molecule has 0 rings (SSSR count). The first-order chi connectivity index (χ1) is 2.83. The third-order valence-electron chi connectivity index (χ3n) is 0. The minimum atomic E-state index is 0. The third kappa shape index (κ3) is 1180. The molecular weight excluding hydrogens is 122 g/mol. The van der Waals surface area contributed by atoms with E-state index in [9.17, 15) is 0 Å². The average molecular weight is 122 g/mol. The Morgan fingerprint density at radius 1 is 1.00 bits per heavy atom. The first-order valence-corrected chi connectivity index (χ1v) is 0.730. The van der Waals surface area contributed by atoms with Crippen LogP contribution in [0, 0.1) is 20.2 Å². The fourth-order valence-electron chi connectivity index (χ4n) is 0. The van der Waals surface area contributed by atoms with E-state index in [0.29, 0.717) is 0 Å². The summed E-state index contributed by atoms with van der Waals surface area (Å²) in [5.41, 5.74) is 0. The van der Waals surface area contributed by atoms with Gasteiger partial charge in [-0.2, -0.15) is 0 Å². The molecule has 0 saturated carbocycles. The van der Waals surface area contributed by atoms with E-state index in [1.807, 2.05) is 0 Å². The Bertz CT molecular complexity index is 35.0. The van der Waals surface area contributed by atoms with Crippen molar-refractivity contribution in [1.82, 2.24) is 0 Å². The first kappa shape index (κ1) is 23.8. The molecule has 0 fully saturated rings. The molecule has 0 amide bonds. The molecular formula is LiN2NaO4. The van der Waals surface area contributed by atoms with E-state index in [1.165, 1.54) is 0 Å². The molecule has 0 unspecified atom stereocenters. The van der Waals surface area contributed by atoms with E-state index in [4.69, 9.17) is 20.2 Å². The number of nitrogens with zero attached hydrogens (tertiary/aromatic N) is 2. The van der Waals surface area contributed by atoms with Crippen LogP contribution in [0.4, 0.5) is 0 Å². The van der Waals surface area contributed by atoms with Gasteiger partial charge in [0, 0.05) is 0 Å². The van der Waals surface area contributed by atoms with E-state index in [1.54, 1.807) is 0 Å². The number of rotatable bonds is 0. The van der Waals surface area contributed by atoms with Gasteiger partial charge in [0.2, 0.25) is 0 Å². The molecule has 0 aromatic carbocycles. The van der Waals surface area contributed by atoms with Gasteiger partial charge in [0.25, 0.3) is 0 Å². The molecule has 0 heterocycles. The molecule has 0 aromatic heterocycles. The Morgan fingerprint density at radius 2 is 1.00 bits per heavy atom. The smallest absolute Gasteiger partial charge is 0.444 e. The summed E-state index contributed by atoms with van der Waals surface area (Å²) >= 11 is 0. The van der Waals surface area contributed by atoms with Crippen LogP contribution in [0.25, 0.3) is 0 Å². The Hall–Kier alpha value is 0.397. The Labute approximate surface area is 79.0 Å². The summed E-state index contributed by atoms with van der Waals surface area (Å²) in [6.45, 7) is 0. The molecule has 0 saturated heterocycles. The van der Waals surface area contributed by atoms with Crippen LogP contribution in [0.2, 0.25) is 0 Å². The summed E-state index contributed by atoms with van der Waals surface area (Å²) < 4.78 is 0. The van der Waals surface area contributed by atoms with Crippen molar-refractivity contribution in [3.05, 3.63) is 20.2 Å². The van der Waals surface area contributed by atoms with Crippen LogP contribution in [0.1, 0.15) is 0 Å². The molecule has 0 aromatic rings. The Kier molecular flexibility index (Phi) is 156. The molecule has 0 bridgehead atoms. The van der Waals surface area contributed by atoms with Gasteiger partial charge >= 0.3 is 48.4 Å². The molecule has 6 nitrogen and oxygen atoms in total. The summed E-state index contributed by atoms with van der Waals surface area (Å²) in [6.07, 6.45) is 0. The Balaban J connectivity index is -0.0000000160. The number of hydrogen-bond acceptors (Lipinski definition) is 6. The summed E-state index contributed by atoms with van der Waals surface area (Å²) in [6, 6.07) is 0. The van der Waals surface area contributed by atoms with Gasteiger partial charge in [0.1, 0.15) is 0 Å². The number of hydrogen-bond donors (Lipinski definition) is 0. The molecule has 0 N–H and O–H groups in total. The van der Waals surface area contributed by atoms with E-state index in [2.05, 4.69) is 0 Å². The minimum Gasteiger partial charge on any atom is -0.444 e. The maximum atomic E-state index is 8.00. The summed E-state index contributed by atoms with van der Waals surface area (Å²) in [5.74, 6) is 0. The summed E-state index contributed by atoms with van der Waals surface area (Å²) in [7, 11) is 0. The van der Waals surface area contributed by atoms with Gasteiger partial charge in [0.15, 0.2) is 0 Å². The van der Waals surface area contributed by atoms with Crippen LogP contribution in [-0.2, 0) is 0 Å². The van der Waals surface area contributed by atoms with Crippen molar-refractivity contribution in [2.24, 2.45) is 10.7 Å². The van der Waals surface area contributed by atoms with E-state index < -0.39 is 0 Å². The monoisotopic (exact) mass is 122 g/mol. The van der Waals surface area contributed by atoms with Crippen LogP contribution in [-0.4, -0.2) is 0 Å². The first-order valence-electron chi connectivity index (χ1n) is 0.730. The minimum absolute atomic E-state index is 0. The zero-order valence-electron chi connectivity index (χ0n) is 4.53. The zero-order chi connectivity index (χ0) is 5.41. The third-order valence-corrected chi connectivity index (χ3v) is 0. The molecule has 8 heavy (non-hydrogen) atoms. The van der Waals surface area contributed by atoms with Gasteiger partial charge in [-0.1, -0.05) is 0 Å². The average Bonchev–Trinajstić information content (AvgIpc) is 1.39. The second-order valence-corrected chi connectivity index (χ2v) is 0.149.